The first kappa shape index (κ1) is 13.2. The topological polar surface area (TPSA) is 63.8 Å². The molecule has 2 aromatic rings. The van der Waals surface area contributed by atoms with Gasteiger partial charge in [0.1, 0.15) is 5.69 Å². The van der Waals surface area contributed by atoms with Crippen LogP contribution in [-0.2, 0) is 0 Å². The van der Waals surface area contributed by atoms with Gasteiger partial charge < -0.3 is 9.73 Å². The summed E-state index contributed by atoms with van der Waals surface area (Å²) >= 11 is 3.34. The van der Waals surface area contributed by atoms with E-state index < -0.39 is 0 Å². The largest absolute Gasteiger partial charge is 0.418 e. The number of hydrogen-bond donors (Lipinski definition) is 1. The summed E-state index contributed by atoms with van der Waals surface area (Å²) in [6.45, 7) is 5.00. The van der Waals surface area contributed by atoms with Crippen LogP contribution in [0.2, 0.25) is 0 Å². The van der Waals surface area contributed by atoms with Gasteiger partial charge in [-0.15, -0.1) is 10.2 Å². The lowest BCUT2D eigenvalue weighted by Gasteiger charge is -2.09. The first-order chi connectivity index (χ1) is 8.74. The van der Waals surface area contributed by atoms with Crippen molar-refractivity contribution in [3.05, 3.63) is 28.7 Å². The molecule has 0 aliphatic carbocycles. The van der Waals surface area contributed by atoms with Crippen molar-refractivity contribution in [1.82, 2.24) is 20.5 Å². The van der Waals surface area contributed by atoms with E-state index in [0.29, 0.717) is 17.5 Å². The van der Waals surface area contributed by atoms with Crippen molar-refractivity contribution in [2.75, 3.05) is 6.54 Å². The molecule has 0 bridgehead atoms. The fraction of sp³-hybridized carbons (Fsp3) is 0.417. The average molecular weight is 311 g/mol. The summed E-state index contributed by atoms with van der Waals surface area (Å²) in [7, 11) is 0. The molecule has 1 N–H and O–H groups in total. The summed E-state index contributed by atoms with van der Waals surface area (Å²) in [6, 6.07) is 3.84. The smallest absolute Gasteiger partial charge is 0.266 e. The van der Waals surface area contributed by atoms with E-state index in [9.17, 15) is 0 Å². The van der Waals surface area contributed by atoms with Crippen LogP contribution in [0.25, 0.3) is 11.6 Å². The Balaban J connectivity index is 2.21. The normalized spacial score (nSPS) is 12.6. The highest BCUT2D eigenvalue weighted by Gasteiger charge is 2.16. The van der Waals surface area contributed by atoms with Crippen LogP contribution in [0.4, 0.5) is 0 Å². The zero-order chi connectivity index (χ0) is 13.0. The maximum Gasteiger partial charge on any atom is 0.266 e. The van der Waals surface area contributed by atoms with Crippen LogP contribution in [0.5, 0.6) is 0 Å². The second kappa shape index (κ2) is 6.06. The quantitative estimate of drug-likeness (QED) is 0.920. The number of aromatic nitrogens is 3. The summed E-state index contributed by atoms with van der Waals surface area (Å²) in [6.07, 6.45) is 2.62. The molecule has 0 spiro atoms. The molecule has 0 aromatic carbocycles. The minimum atomic E-state index is 0.103. The van der Waals surface area contributed by atoms with Crippen LogP contribution < -0.4 is 5.32 Å². The Morgan fingerprint density at radius 2 is 2.17 bits per heavy atom. The Labute approximate surface area is 114 Å². The van der Waals surface area contributed by atoms with E-state index in [2.05, 4.69) is 50.3 Å². The van der Waals surface area contributed by atoms with Crippen molar-refractivity contribution >= 4 is 15.9 Å². The van der Waals surface area contributed by atoms with E-state index in [-0.39, 0.29) is 6.04 Å². The lowest BCUT2D eigenvalue weighted by Crippen LogP contribution is -2.20. The van der Waals surface area contributed by atoms with Gasteiger partial charge in [0.2, 0.25) is 5.89 Å². The molecular formula is C12H15BrN4O. The lowest BCUT2D eigenvalue weighted by atomic mass is 10.2. The van der Waals surface area contributed by atoms with E-state index in [0.717, 1.165) is 17.4 Å². The summed E-state index contributed by atoms with van der Waals surface area (Å²) in [5.41, 5.74) is 0.684. The fourth-order valence-electron chi connectivity index (χ4n) is 1.63. The first-order valence-corrected chi connectivity index (χ1v) is 6.72. The van der Waals surface area contributed by atoms with Gasteiger partial charge in [0.15, 0.2) is 0 Å². The molecule has 2 rings (SSSR count). The van der Waals surface area contributed by atoms with Gasteiger partial charge in [-0.05, 0) is 41.0 Å². The highest BCUT2D eigenvalue weighted by atomic mass is 79.9. The van der Waals surface area contributed by atoms with Crippen molar-refractivity contribution < 1.29 is 4.42 Å². The Morgan fingerprint density at radius 3 is 2.78 bits per heavy atom. The minimum Gasteiger partial charge on any atom is -0.418 e. The molecule has 6 heteroatoms. The molecule has 2 aromatic heterocycles. The first-order valence-electron chi connectivity index (χ1n) is 5.93. The van der Waals surface area contributed by atoms with Crippen molar-refractivity contribution in [2.45, 2.75) is 26.3 Å². The number of nitrogens with zero attached hydrogens (tertiary/aromatic N) is 3. The summed E-state index contributed by atoms with van der Waals surface area (Å²) in [5.74, 6) is 1.06. The standard InChI is InChI=1S/C12H15BrN4O/c1-3-9(14-4-2)11-16-17-12(18-11)10-6-5-8(13)7-15-10/h5-7,9,14H,3-4H2,1-2H3. The van der Waals surface area contributed by atoms with Gasteiger partial charge in [-0.25, -0.2) is 4.98 Å². The highest BCUT2D eigenvalue weighted by Crippen LogP contribution is 2.21. The van der Waals surface area contributed by atoms with Gasteiger partial charge in [-0.2, -0.15) is 0 Å². The predicted octanol–water partition coefficient (Wildman–Crippen LogP) is 2.95. The second-order valence-corrected chi connectivity index (χ2v) is 4.74. The molecule has 0 saturated carbocycles. The summed E-state index contributed by atoms with van der Waals surface area (Å²) in [4.78, 5) is 4.23. The van der Waals surface area contributed by atoms with Crippen LogP contribution in [-0.4, -0.2) is 21.7 Å². The molecule has 0 fully saturated rings. The molecule has 5 nitrogen and oxygen atoms in total. The zero-order valence-corrected chi connectivity index (χ0v) is 11.9. The monoisotopic (exact) mass is 310 g/mol. The van der Waals surface area contributed by atoms with E-state index in [1.54, 1.807) is 6.20 Å². The van der Waals surface area contributed by atoms with Crippen molar-refractivity contribution in [1.29, 1.82) is 0 Å². The van der Waals surface area contributed by atoms with Gasteiger partial charge in [-0.1, -0.05) is 13.8 Å². The Bertz CT molecular complexity index is 497. The molecule has 1 atom stereocenters. The summed E-state index contributed by atoms with van der Waals surface area (Å²) < 4.78 is 6.57. The van der Waals surface area contributed by atoms with E-state index in [1.807, 2.05) is 12.1 Å². The zero-order valence-electron chi connectivity index (χ0n) is 10.4. The lowest BCUT2D eigenvalue weighted by molar-refractivity contribution is 0.401. The Morgan fingerprint density at radius 1 is 1.33 bits per heavy atom. The highest BCUT2D eigenvalue weighted by molar-refractivity contribution is 9.10. The van der Waals surface area contributed by atoms with Gasteiger partial charge >= 0.3 is 0 Å². The maximum absolute atomic E-state index is 5.65. The predicted molar refractivity (Wildman–Crippen MR) is 71.9 cm³/mol. The van der Waals surface area contributed by atoms with Gasteiger partial charge in [0.05, 0.1) is 6.04 Å². The number of rotatable bonds is 5. The third kappa shape index (κ3) is 2.94. The van der Waals surface area contributed by atoms with E-state index in [1.165, 1.54) is 0 Å². The van der Waals surface area contributed by atoms with Crippen molar-refractivity contribution in [3.63, 3.8) is 0 Å². The molecule has 2 heterocycles. The second-order valence-electron chi connectivity index (χ2n) is 3.83. The number of nitrogens with one attached hydrogen (secondary N) is 1. The Kier molecular flexibility index (Phi) is 4.43. The van der Waals surface area contributed by atoms with Crippen molar-refractivity contribution in [3.8, 4) is 11.6 Å². The van der Waals surface area contributed by atoms with Crippen LogP contribution in [0, 0.1) is 0 Å². The average Bonchev–Trinajstić information content (AvgIpc) is 2.86. The maximum atomic E-state index is 5.65. The van der Waals surface area contributed by atoms with Crippen LogP contribution in [0.15, 0.2) is 27.2 Å². The summed E-state index contributed by atoms with van der Waals surface area (Å²) in [5, 5.41) is 11.4. The third-order valence-electron chi connectivity index (χ3n) is 2.54. The van der Waals surface area contributed by atoms with Crippen molar-refractivity contribution in [2.24, 2.45) is 0 Å². The van der Waals surface area contributed by atoms with Gasteiger partial charge in [0, 0.05) is 10.7 Å². The molecule has 96 valence electrons. The van der Waals surface area contributed by atoms with Crippen LogP contribution in [0.3, 0.4) is 0 Å². The minimum absolute atomic E-state index is 0.103. The SMILES string of the molecule is CCNC(CC)c1nnc(-c2ccc(Br)cn2)o1. The molecule has 0 saturated heterocycles. The molecular weight excluding hydrogens is 296 g/mol. The van der Waals surface area contributed by atoms with E-state index in [4.69, 9.17) is 4.42 Å². The fourth-order valence-corrected chi connectivity index (χ4v) is 1.87. The molecule has 0 amide bonds. The Hall–Kier alpha value is -1.27. The van der Waals surface area contributed by atoms with E-state index >= 15 is 0 Å². The number of halogens is 1. The molecule has 0 aliphatic rings. The number of pyridine rings is 1. The van der Waals surface area contributed by atoms with Crippen LogP contribution in [0.1, 0.15) is 32.2 Å². The molecule has 1 unspecified atom stereocenters. The number of hydrogen-bond acceptors (Lipinski definition) is 5. The van der Waals surface area contributed by atoms with Gasteiger partial charge in [0.25, 0.3) is 5.89 Å². The van der Waals surface area contributed by atoms with Gasteiger partial charge in [-0.3, -0.25) is 0 Å². The van der Waals surface area contributed by atoms with Crippen LogP contribution >= 0.6 is 15.9 Å². The molecule has 0 aliphatic heterocycles. The molecule has 18 heavy (non-hydrogen) atoms. The molecule has 0 radical (unpaired) electrons. The third-order valence-corrected chi connectivity index (χ3v) is 3.01.